The van der Waals surface area contributed by atoms with Gasteiger partial charge in [0.25, 0.3) is 5.91 Å². The van der Waals surface area contributed by atoms with Gasteiger partial charge < -0.3 is 5.32 Å². The molecule has 1 aliphatic rings. The van der Waals surface area contributed by atoms with Crippen LogP contribution in [0, 0.1) is 6.92 Å². The summed E-state index contributed by atoms with van der Waals surface area (Å²) < 4.78 is 1.87. The normalized spacial score (nSPS) is 13.3. The molecule has 0 radical (unpaired) electrons. The number of fused-ring (bicyclic) bond motifs is 1. The van der Waals surface area contributed by atoms with Crippen LogP contribution in [0.1, 0.15) is 33.7 Å². The fourth-order valence-corrected chi connectivity index (χ4v) is 3.27. The van der Waals surface area contributed by atoms with Gasteiger partial charge in [0.1, 0.15) is 5.82 Å². The highest BCUT2D eigenvalue weighted by atomic mass is 16.2. The van der Waals surface area contributed by atoms with Crippen LogP contribution in [0.5, 0.6) is 0 Å². The summed E-state index contributed by atoms with van der Waals surface area (Å²) >= 11 is 0. The number of aromatic nitrogens is 3. The number of carbonyl (C=O) groups excluding carboxylic acids is 2. The minimum absolute atomic E-state index is 0.0876. The first kappa shape index (κ1) is 17.9. The molecule has 4 rings (SSSR count). The van der Waals surface area contributed by atoms with Crippen molar-refractivity contribution in [3.8, 4) is 0 Å². The van der Waals surface area contributed by atoms with E-state index in [0.29, 0.717) is 31.6 Å². The van der Waals surface area contributed by atoms with E-state index in [0.717, 1.165) is 22.8 Å². The maximum atomic E-state index is 12.4. The Balaban J connectivity index is 1.42. The van der Waals surface area contributed by atoms with Crippen molar-refractivity contribution in [2.45, 2.75) is 33.0 Å². The monoisotopic (exact) mass is 375 g/mol. The third-order valence-electron chi connectivity index (χ3n) is 4.71. The van der Waals surface area contributed by atoms with Crippen molar-refractivity contribution in [2.24, 2.45) is 0 Å². The molecular weight excluding hydrogens is 354 g/mol. The van der Waals surface area contributed by atoms with Crippen molar-refractivity contribution in [2.75, 3.05) is 4.90 Å². The van der Waals surface area contributed by atoms with Gasteiger partial charge in [-0.15, -0.1) is 0 Å². The van der Waals surface area contributed by atoms with E-state index in [9.17, 15) is 9.59 Å². The Hall–Kier alpha value is -3.48. The van der Waals surface area contributed by atoms with Crippen LogP contribution < -0.4 is 10.2 Å². The quantitative estimate of drug-likeness (QED) is 0.743. The van der Waals surface area contributed by atoms with Gasteiger partial charge >= 0.3 is 0 Å². The molecule has 0 bridgehead atoms. The molecule has 2 aromatic heterocycles. The largest absolute Gasteiger partial charge is 0.346 e. The Morgan fingerprint density at radius 3 is 2.75 bits per heavy atom. The molecule has 0 unspecified atom stereocenters. The molecule has 0 fully saturated rings. The average Bonchev–Trinajstić information content (AvgIpc) is 3.10. The Bertz CT molecular complexity index is 995. The Kier molecular flexibility index (Phi) is 4.89. The summed E-state index contributed by atoms with van der Waals surface area (Å²) in [6.07, 6.45) is 2.15. The summed E-state index contributed by atoms with van der Waals surface area (Å²) in [5, 5.41) is 7.29. The molecule has 3 aromatic rings. The number of carbonyl (C=O) groups is 2. The van der Waals surface area contributed by atoms with Crippen LogP contribution in [-0.2, 0) is 24.4 Å². The predicted molar refractivity (Wildman–Crippen MR) is 105 cm³/mol. The number of nitrogens with one attached hydrogen (secondary N) is 1. The van der Waals surface area contributed by atoms with Crippen LogP contribution in [0.3, 0.4) is 0 Å². The number of pyridine rings is 1. The van der Waals surface area contributed by atoms with Crippen LogP contribution in [-0.4, -0.2) is 26.6 Å². The molecule has 0 saturated carbocycles. The van der Waals surface area contributed by atoms with Crippen LogP contribution in [0.25, 0.3) is 0 Å². The van der Waals surface area contributed by atoms with Gasteiger partial charge in [-0.1, -0.05) is 18.2 Å². The highest BCUT2D eigenvalue weighted by molar-refractivity contribution is 5.95. The lowest BCUT2D eigenvalue weighted by Gasteiger charge is -2.27. The molecule has 7 heteroatoms. The lowest BCUT2D eigenvalue weighted by atomic mass is 10.1. The number of hydrogen-bond acceptors (Lipinski definition) is 4. The number of anilines is 1. The van der Waals surface area contributed by atoms with Crippen LogP contribution in [0.4, 0.5) is 5.82 Å². The van der Waals surface area contributed by atoms with E-state index in [-0.39, 0.29) is 11.8 Å². The summed E-state index contributed by atoms with van der Waals surface area (Å²) in [5.41, 5.74) is 3.24. The summed E-state index contributed by atoms with van der Waals surface area (Å²) in [7, 11) is 0. The molecule has 1 aliphatic heterocycles. The summed E-state index contributed by atoms with van der Waals surface area (Å²) in [6, 6.07) is 14.8. The van der Waals surface area contributed by atoms with Gasteiger partial charge in [0.15, 0.2) is 0 Å². The minimum atomic E-state index is -0.153. The standard InChI is InChI=1S/C21H21N5O2/c1-15-12-19-25(20(27)9-11-26(19)24-15)14-16-5-7-17(8-6-16)21(28)23-13-18-4-2-3-10-22-18/h2-8,10,12H,9,11,13-14H2,1H3,(H,23,28). The van der Waals surface area contributed by atoms with E-state index in [1.807, 2.05) is 48.0 Å². The number of hydrogen-bond donors (Lipinski definition) is 1. The first-order chi connectivity index (χ1) is 13.6. The van der Waals surface area contributed by atoms with Gasteiger partial charge in [-0.2, -0.15) is 5.10 Å². The van der Waals surface area contributed by atoms with Crippen LogP contribution in [0.2, 0.25) is 0 Å². The number of aryl methyl sites for hydroxylation is 2. The molecule has 0 spiro atoms. The first-order valence-corrected chi connectivity index (χ1v) is 9.22. The van der Waals surface area contributed by atoms with Crippen molar-refractivity contribution in [1.82, 2.24) is 20.1 Å². The predicted octanol–water partition coefficient (Wildman–Crippen LogP) is 2.45. The number of nitrogens with zero attached hydrogens (tertiary/aromatic N) is 4. The van der Waals surface area contributed by atoms with E-state index >= 15 is 0 Å². The van der Waals surface area contributed by atoms with E-state index in [1.165, 1.54) is 0 Å². The average molecular weight is 375 g/mol. The van der Waals surface area contributed by atoms with Crippen molar-refractivity contribution < 1.29 is 9.59 Å². The zero-order valence-corrected chi connectivity index (χ0v) is 15.6. The van der Waals surface area contributed by atoms with Crippen molar-refractivity contribution in [1.29, 1.82) is 0 Å². The van der Waals surface area contributed by atoms with Crippen molar-refractivity contribution in [3.63, 3.8) is 0 Å². The zero-order valence-electron chi connectivity index (χ0n) is 15.6. The smallest absolute Gasteiger partial charge is 0.251 e. The molecule has 0 saturated heterocycles. The molecule has 3 heterocycles. The molecule has 1 N–H and O–H groups in total. The van der Waals surface area contributed by atoms with Gasteiger partial charge in [-0.3, -0.25) is 19.5 Å². The molecular formula is C21H21N5O2. The third kappa shape index (κ3) is 3.78. The maximum Gasteiger partial charge on any atom is 0.251 e. The molecule has 28 heavy (non-hydrogen) atoms. The van der Waals surface area contributed by atoms with Crippen molar-refractivity contribution in [3.05, 3.63) is 77.2 Å². The number of benzene rings is 1. The van der Waals surface area contributed by atoms with E-state index < -0.39 is 0 Å². The van der Waals surface area contributed by atoms with E-state index in [1.54, 1.807) is 23.2 Å². The van der Waals surface area contributed by atoms with Gasteiger partial charge in [-0.25, -0.2) is 4.68 Å². The highest BCUT2D eigenvalue weighted by Crippen LogP contribution is 2.24. The van der Waals surface area contributed by atoms with Gasteiger partial charge in [0.05, 0.1) is 31.0 Å². The second-order valence-electron chi connectivity index (χ2n) is 6.80. The Morgan fingerprint density at radius 1 is 1.18 bits per heavy atom. The summed E-state index contributed by atoms with van der Waals surface area (Å²) in [5.74, 6) is 0.760. The second-order valence-corrected chi connectivity index (χ2v) is 6.80. The third-order valence-corrected chi connectivity index (χ3v) is 4.71. The molecule has 0 atom stereocenters. The lowest BCUT2D eigenvalue weighted by molar-refractivity contribution is -0.119. The fraction of sp³-hybridized carbons (Fsp3) is 0.238. The molecule has 142 valence electrons. The highest BCUT2D eigenvalue weighted by Gasteiger charge is 2.25. The molecule has 0 aliphatic carbocycles. The summed E-state index contributed by atoms with van der Waals surface area (Å²) in [4.78, 5) is 30.6. The topological polar surface area (TPSA) is 80.1 Å². The van der Waals surface area contributed by atoms with E-state index in [4.69, 9.17) is 0 Å². The number of rotatable bonds is 5. The summed E-state index contributed by atoms with van der Waals surface area (Å²) in [6.45, 7) is 3.38. The van der Waals surface area contributed by atoms with Crippen LogP contribution in [0.15, 0.2) is 54.7 Å². The number of amides is 2. The molecule has 7 nitrogen and oxygen atoms in total. The Labute approximate surface area is 163 Å². The van der Waals surface area contributed by atoms with Gasteiger partial charge in [-0.05, 0) is 36.8 Å². The molecule has 1 aromatic carbocycles. The van der Waals surface area contributed by atoms with Gasteiger partial charge in [0, 0.05) is 24.2 Å². The maximum absolute atomic E-state index is 12.4. The second kappa shape index (κ2) is 7.64. The SMILES string of the molecule is Cc1cc2n(n1)CCC(=O)N2Cc1ccc(C(=O)NCc2ccccn2)cc1. The zero-order chi connectivity index (χ0) is 19.5. The fourth-order valence-electron chi connectivity index (χ4n) is 3.27. The first-order valence-electron chi connectivity index (χ1n) is 9.22. The molecule has 2 amide bonds. The van der Waals surface area contributed by atoms with Crippen LogP contribution >= 0.6 is 0 Å². The Morgan fingerprint density at radius 2 is 2.00 bits per heavy atom. The van der Waals surface area contributed by atoms with Crippen molar-refractivity contribution >= 4 is 17.6 Å². The minimum Gasteiger partial charge on any atom is -0.346 e. The van der Waals surface area contributed by atoms with E-state index in [2.05, 4.69) is 15.4 Å². The lowest BCUT2D eigenvalue weighted by Crippen LogP contribution is -2.36. The van der Waals surface area contributed by atoms with Gasteiger partial charge in [0.2, 0.25) is 5.91 Å².